The summed E-state index contributed by atoms with van der Waals surface area (Å²) in [6.07, 6.45) is 4.71. The second-order valence-electron chi connectivity index (χ2n) is 4.13. The van der Waals surface area contributed by atoms with Gasteiger partial charge in [0.1, 0.15) is 0 Å². The van der Waals surface area contributed by atoms with Crippen LogP contribution >= 0.6 is 11.3 Å². The zero-order valence-corrected chi connectivity index (χ0v) is 10.1. The van der Waals surface area contributed by atoms with Crippen molar-refractivity contribution in [3.05, 3.63) is 16.6 Å². The predicted octanol–water partition coefficient (Wildman–Crippen LogP) is 2.36. The van der Waals surface area contributed by atoms with E-state index in [2.05, 4.69) is 24.1 Å². The molecular weight excluding hydrogens is 208 g/mol. The van der Waals surface area contributed by atoms with Crippen molar-refractivity contribution >= 4 is 11.3 Å². The molecule has 0 aliphatic carbocycles. The van der Waals surface area contributed by atoms with E-state index in [4.69, 9.17) is 4.74 Å². The van der Waals surface area contributed by atoms with Crippen LogP contribution in [0.15, 0.2) is 11.7 Å². The summed E-state index contributed by atoms with van der Waals surface area (Å²) in [5, 5.41) is 3.57. The van der Waals surface area contributed by atoms with E-state index in [1.165, 1.54) is 17.7 Å². The Morgan fingerprint density at radius 1 is 1.60 bits per heavy atom. The molecule has 0 saturated carbocycles. The van der Waals surface area contributed by atoms with Crippen LogP contribution in [0, 0.1) is 0 Å². The number of nitrogens with one attached hydrogen (secondary N) is 1. The van der Waals surface area contributed by atoms with Gasteiger partial charge in [-0.1, -0.05) is 0 Å². The molecule has 0 radical (unpaired) electrons. The molecule has 1 aromatic heterocycles. The third-order valence-corrected chi connectivity index (χ3v) is 3.87. The standard InChI is InChI=1S/C11H18N2OS/c1-8(10-4-3-5-14-10)13-9(2)11-6-12-7-15-11/h6-10,13H,3-5H2,1-2H3. The van der Waals surface area contributed by atoms with Crippen molar-refractivity contribution in [2.24, 2.45) is 0 Å². The zero-order valence-electron chi connectivity index (χ0n) is 9.27. The Kier molecular flexibility index (Phi) is 3.72. The van der Waals surface area contributed by atoms with E-state index in [9.17, 15) is 0 Å². The average molecular weight is 226 g/mol. The Bertz CT molecular complexity index is 283. The second-order valence-corrected chi connectivity index (χ2v) is 5.05. The second kappa shape index (κ2) is 5.05. The monoisotopic (exact) mass is 226 g/mol. The molecule has 3 nitrogen and oxygen atoms in total. The Morgan fingerprint density at radius 2 is 2.47 bits per heavy atom. The van der Waals surface area contributed by atoms with Crippen LogP contribution in [-0.4, -0.2) is 23.7 Å². The third-order valence-electron chi connectivity index (χ3n) is 2.91. The van der Waals surface area contributed by atoms with Gasteiger partial charge in [-0.05, 0) is 26.7 Å². The molecule has 2 rings (SSSR count). The number of thiazole rings is 1. The van der Waals surface area contributed by atoms with Gasteiger partial charge in [0, 0.05) is 29.8 Å². The van der Waals surface area contributed by atoms with E-state index in [-0.39, 0.29) is 0 Å². The molecule has 1 aromatic rings. The van der Waals surface area contributed by atoms with E-state index in [0.29, 0.717) is 18.2 Å². The molecule has 0 spiro atoms. The van der Waals surface area contributed by atoms with Crippen molar-refractivity contribution in [1.82, 2.24) is 10.3 Å². The molecule has 1 aliphatic rings. The minimum atomic E-state index is 0.372. The molecule has 3 atom stereocenters. The first-order chi connectivity index (χ1) is 7.27. The highest BCUT2D eigenvalue weighted by Gasteiger charge is 2.23. The molecule has 1 fully saturated rings. The van der Waals surface area contributed by atoms with Crippen LogP contribution in [0.5, 0.6) is 0 Å². The van der Waals surface area contributed by atoms with Crippen molar-refractivity contribution in [1.29, 1.82) is 0 Å². The number of hydrogen-bond donors (Lipinski definition) is 1. The summed E-state index contributed by atoms with van der Waals surface area (Å²) in [5.74, 6) is 0. The van der Waals surface area contributed by atoms with Gasteiger partial charge in [-0.2, -0.15) is 0 Å². The van der Waals surface area contributed by atoms with Gasteiger partial charge in [0.2, 0.25) is 0 Å². The van der Waals surface area contributed by atoms with Crippen molar-refractivity contribution in [3.63, 3.8) is 0 Å². The highest BCUT2D eigenvalue weighted by Crippen LogP contribution is 2.20. The summed E-state index contributed by atoms with van der Waals surface area (Å²) in [6.45, 7) is 5.30. The molecule has 0 amide bonds. The van der Waals surface area contributed by atoms with Gasteiger partial charge >= 0.3 is 0 Å². The zero-order chi connectivity index (χ0) is 10.7. The number of hydrogen-bond acceptors (Lipinski definition) is 4. The average Bonchev–Trinajstić information content (AvgIpc) is 2.91. The van der Waals surface area contributed by atoms with Crippen LogP contribution in [-0.2, 0) is 4.74 Å². The summed E-state index contributed by atoms with van der Waals surface area (Å²) in [4.78, 5) is 5.39. The van der Waals surface area contributed by atoms with Gasteiger partial charge in [0.15, 0.2) is 0 Å². The first-order valence-electron chi connectivity index (χ1n) is 5.53. The summed E-state index contributed by atoms with van der Waals surface area (Å²) in [6, 6.07) is 0.793. The van der Waals surface area contributed by atoms with Gasteiger partial charge in [-0.15, -0.1) is 11.3 Å². The van der Waals surface area contributed by atoms with Crippen molar-refractivity contribution in [3.8, 4) is 0 Å². The normalized spacial score (nSPS) is 25.3. The van der Waals surface area contributed by atoms with E-state index in [1.807, 2.05) is 11.7 Å². The minimum Gasteiger partial charge on any atom is -0.377 e. The first-order valence-corrected chi connectivity index (χ1v) is 6.41. The molecule has 1 N–H and O–H groups in total. The lowest BCUT2D eigenvalue weighted by Crippen LogP contribution is -2.38. The van der Waals surface area contributed by atoms with Crippen LogP contribution < -0.4 is 5.32 Å². The fourth-order valence-electron chi connectivity index (χ4n) is 2.02. The topological polar surface area (TPSA) is 34.1 Å². The van der Waals surface area contributed by atoms with Gasteiger partial charge in [-0.25, -0.2) is 0 Å². The lowest BCUT2D eigenvalue weighted by molar-refractivity contribution is 0.0805. The van der Waals surface area contributed by atoms with Gasteiger partial charge in [-0.3, -0.25) is 4.98 Å². The van der Waals surface area contributed by atoms with Gasteiger partial charge < -0.3 is 10.1 Å². The fourth-order valence-corrected chi connectivity index (χ4v) is 2.66. The van der Waals surface area contributed by atoms with Crippen LogP contribution in [0.3, 0.4) is 0 Å². The van der Waals surface area contributed by atoms with Crippen molar-refractivity contribution < 1.29 is 4.74 Å². The van der Waals surface area contributed by atoms with E-state index < -0.39 is 0 Å². The highest BCUT2D eigenvalue weighted by molar-refractivity contribution is 7.09. The quantitative estimate of drug-likeness (QED) is 0.856. The summed E-state index contributed by atoms with van der Waals surface area (Å²) in [5.41, 5.74) is 1.88. The molecule has 2 heterocycles. The van der Waals surface area contributed by atoms with Gasteiger partial charge in [0.25, 0.3) is 0 Å². The Hall–Kier alpha value is -0.450. The van der Waals surface area contributed by atoms with E-state index in [1.54, 1.807) is 11.3 Å². The summed E-state index contributed by atoms with van der Waals surface area (Å²) in [7, 11) is 0. The Labute approximate surface area is 94.9 Å². The molecule has 0 bridgehead atoms. The molecule has 3 unspecified atom stereocenters. The number of aromatic nitrogens is 1. The van der Waals surface area contributed by atoms with Crippen LogP contribution in [0.25, 0.3) is 0 Å². The van der Waals surface area contributed by atoms with E-state index >= 15 is 0 Å². The number of nitrogens with zero attached hydrogens (tertiary/aromatic N) is 1. The van der Waals surface area contributed by atoms with E-state index in [0.717, 1.165) is 6.61 Å². The van der Waals surface area contributed by atoms with Crippen LogP contribution in [0.2, 0.25) is 0 Å². The lowest BCUT2D eigenvalue weighted by atomic mass is 10.1. The Balaban J connectivity index is 1.85. The smallest absolute Gasteiger partial charge is 0.0794 e. The maximum Gasteiger partial charge on any atom is 0.0794 e. The SMILES string of the molecule is CC(NC(C)C1CCCO1)c1cncs1. The molecule has 1 saturated heterocycles. The van der Waals surface area contributed by atoms with Crippen molar-refractivity contribution in [2.45, 2.75) is 44.9 Å². The maximum absolute atomic E-state index is 5.66. The first kappa shape index (κ1) is 11.0. The summed E-state index contributed by atoms with van der Waals surface area (Å²) < 4.78 is 5.66. The summed E-state index contributed by atoms with van der Waals surface area (Å²) >= 11 is 1.70. The Morgan fingerprint density at radius 3 is 3.07 bits per heavy atom. The largest absolute Gasteiger partial charge is 0.377 e. The molecule has 84 valence electrons. The molecular formula is C11H18N2OS. The van der Waals surface area contributed by atoms with Crippen LogP contribution in [0.1, 0.15) is 37.6 Å². The maximum atomic E-state index is 5.66. The highest BCUT2D eigenvalue weighted by atomic mass is 32.1. The number of ether oxygens (including phenoxy) is 1. The third kappa shape index (κ3) is 2.77. The minimum absolute atomic E-state index is 0.372. The predicted molar refractivity (Wildman–Crippen MR) is 62.1 cm³/mol. The van der Waals surface area contributed by atoms with Crippen LogP contribution in [0.4, 0.5) is 0 Å². The molecule has 0 aromatic carbocycles. The molecule has 1 aliphatic heterocycles. The fraction of sp³-hybridized carbons (Fsp3) is 0.727. The van der Waals surface area contributed by atoms with Crippen molar-refractivity contribution in [2.75, 3.05) is 6.61 Å². The molecule has 4 heteroatoms. The number of rotatable bonds is 4. The lowest BCUT2D eigenvalue weighted by Gasteiger charge is -2.23. The molecule has 15 heavy (non-hydrogen) atoms. The van der Waals surface area contributed by atoms with Gasteiger partial charge in [0.05, 0.1) is 11.6 Å².